The van der Waals surface area contributed by atoms with Crippen molar-refractivity contribution in [1.82, 2.24) is 19.5 Å². The van der Waals surface area contributed by atoms with Crippen molar-refractivity contribution in [3.8, 4) is 11.1 Å². The molecule has 3 heterocycles. The Morgan fingerprint density at radius 2 is 1.81 bits per heavy atom. The molecular weight excluding hydrogens is 406 g/mol. The van der Waals surface area contributed by atoms with Gasteiger partial charge in [-0.05, 0) is 35.4 Å². The Bertz CT molecular complexity index is 1330. The van der Waals surface area contributed by atoms with Crippen LogP contribution in [0.25, 0.3) is 22.0 Å². The van der Waals surface area contributed by atoms with E-state index >= 15 is 0 Å². The maximum Gasteiger partial charge on any atom is 0.133 e. The number of rotatable bonds is 5. The summed E-state index contributed by atoms with van der Waals surface area (Å²) < 4.78 is 2.00. The lowest BCUT2D eigenvalue weighted by Gasteiger charge is -2.25. The second-order valence-electron chi connectivity index (χ2n) is 7.36. The Morgan fingerprint density at radius 3 is 2.55 bits per heavy atom. The molecule has 6 heteroatoms. The van der Waals surface area contributed by atoms with Gasteiger partial charge in [0.15, 0.2) is 0 Å². The van der Waals surface area contributed by atoms with Gasteiger partial charge in [-0.15, -0.1) is 0 Å². The standard InChI is InChI=1S/C25H20ClN5/c1-30-17-28-15-24(30)31(16-18-6-5-11-27-13-18)20-9-10-23-21(12-20)25(26)22(14-29-23)19-7-3-2-4-8-19/h2-15,17H,16H2,1H3. The molecule has 0 unspecified atom stereocenters. The molecule has 0 atom stereocenters. The predicted octanol–water partition coefficient (Wildman–Crippen LogP) is 6.02. The highest BCUT2D eigenvalue weighted by Crippen LogP contribution is 2.36. The third-order valence-electron chi connectivity index (χ3n) is 5.31. The van der Waals surface area contributed by atoms with E-state index in [9.17, 15) is 0 Å². The molecule has 0 aliphatic rings. The van der Waals surface area contributed by atoms with Crippen LogP contribution in [0.15, 0.2) is 91.8 Å². The van der Waals surface area contributed by atoms with E-state index in [1.54, 1.807) is 12.5 Å². The molecule has 0 saturated carbocycles. The van der Waals surface area contributed by atoms with Gasteiger partial charge < -0.3 is 9.47 Å². The van der Waals surface area contributed by atoms with Crippen LogP contribution in [-0.2, 0) is 13.6 Å². The van der Waals surface area contributed by atoms with Crippen LogP contribution in [0, 0.1) is 0 Å². The van der Waals surface area contributed by atoms with Crippen LogP contribution in [0.4, 0.5) is 11.5 Å². The van der Waals surface area contributed by atoms with E-state index in [-0.39, 0.29) is 0 Å². The fourth-order valence-electron chi connectivity index (χ4n) is 3.72. The maximum absolute atomic E-state index is 6.88. The first-order chi connectivity index (χ1) is 15.2. The highest BCUT2D eigenvalue weighted by molar-refractivity contribution is 6.38. The van der Waals surface area contributed by atoms with Crippen molar-refractivity contribution in [2.45, 2.75) is 6.54 Å². The molecular formula is C25H20ClN5. The van der Waals surface area contributed by atoms with E-state index in [1.165, 1.54) is 0 Å². The molecule has 0 spiro atoms. The van der Waals surface area contributed by atoms with Crippen molar-refractivity contribution in [3.63, 3.8) is 0 Å². The SMILES string of the molecule is Cn1cncc1N(Cc1cccnc1)c1ccc2ncc(-c3ccccc3)c(Cl)c2c1. The summed E-state index contributed by atoms with van der Waals surface area (Å²) in [6.07, 6.45) is 9.17. The largest absolute Gasteiger partial charge is 0.322 e. The summed E-state index contributed by atoms with van der Waals surface area (Å²) >= 11 is 6.88. The van der Waals surface area contributed by atoms with Gasteiger partial charge >= 0.3 is 0 Å². The summed E-state index contributed by atoms with van der Waals surface area (Å²) in [5, 5.41) is 1.61. The summed E-state index contributed by atoms with van der Waals surface area (Å²) in [6, 6.07) is 20.3. The lowest BCUT2D eigenvalue weighted by Crippen LogP contribution is -2.19. The molecule has 152 valence electrons. The van der Waals surface area contributed by atoms with Gasteiger partial charge in [-0.1, -0.05) is 48.0 Å². The smallest absolute Gasteiger partial charge is 0.133 e. The molecule has 5 rings (SSSR count). The molecule has 0 bridgehead atoms. The van der Waals surface area contributed by atoms with Crippen LogP contribution >= 0.6 is 11.6 Å². The van der Waals surface area contributed by atoms with Crippen molar-refractivity contribution in [1.29, 1.82) is 0 Å². The van der Waals surface area contributed by atoms with Crippen LogP contribution < -0.4 is 4.90 Å². The molecule has 0 amide bonds. The van der Waals surface area contributed by atoms with E-state index in [2.05, 4.69) is 38.1 Å². The van der Waals surface area contributed by atoms with Crippen LogP contribution in [0.1, 0.15) is 5.56 Å². The first-order valence-corrected chi connectivity index (χ1v) is 10.3. The topological polar surface area (TPSA) is 46.8 Å². The van der Waals surface area contributed by atoms with Crippen LogP contribution in [0.3, 0.4) is 0 Å². The fourth-order valence-corrected chi connectivity index (χ4v) is 4.03. The van der Waals surface area contributed by atoms with E-state index in [1.807, 2.05) is 72.7 Å². The van der Waals surface area contributed by atoms with E-state index < -0.39 is 0 Å². The van der Waals surface area contributed by atoms with Gasteiger partial charge in [0.2, 0.25) is 0 Å². The lowest BCUT2D eigenvalue weighted by molar-refractivity contribution is 0.847. The number of imidazole rings is 1. The van der Waals surface area contributed by atoms with Gasteiger partial charge in [0.25, 0.3) is 0 Å². The molecule has 0 aliphatic carbocycles. The van der Waals surface area contributed by atoms with E-state index in [0.29, 0.717) is 11.6 Å². The monoisotopic (exact) mass is 425 g/mol. The molecule has 0 aliphatic heterocycles. The number of fused-ring (bicyclic) bond motifs is 1. The molecule has 5 nitrogen and oxygen atoms in total. The summed E-state index contributed by atoms with van der Waals surface area (Å²) in [5.41, 5.74) is 4.94. The zero-order valence-corrected chi connectivity index (χ0v) is 17.7. The number of hydrogen-bond donors (Lipinski definition) is 0. The number of anilines is 2. The van der Waals surface area contributed by atoms with Gasteiger partial charge in [-0.2, -0.15) is 0 Å². The van der Waals surface area contributed by atoms with Crippen molar-refractivity contribution in [3.05, 3.63) is 102 Å². The normalized spacial score (nSPS) is 11.0. The fraction of sp³-hybridized carbons (Fsp3) is 0.0800. The van der Waals surface area contributed by atoms with Crippen LogP contribution in [-0.4, -0.2) is 19.5 Å². The number of nitrogens with zero attached hydrogens (tertiary/aromatic N) is 5. The zero-order chi connectivity index (χ0) is 21.2. The van der Waals surface area contributed by atoms with Crippen LogP contribution in [0.2, 0.25) is 5.02 Å². The molecule has 0 radical (unpaired) electrons. The van der Waals surface area contributed by atoms with Crippen LogP contribution in [0.5, 0.6) is 0 Å². The molecule has 2 aromatic carbocycles. The summed E-state index contributed by atoms with van der Waals surface area (Å²) in [7, 11) is 1.99. The molecule has 31 heavy (non-hydrogen) atoms. The highest BCUT2D eigenvalue weighted by Gasteiger charge is 2.16. The van der Waals surface area contributed by atoms with Crippen molar-refractivity contribution in [2.24, 2.45) is 7.05 Å². The number of aromatic nitrogens is 4. The summed E-state index contributed by atoms with van der Waals surface area (Å²) in [5.74, 6) is 0.978. The molecule has 0 fully saturated rings. The number of halogens is 1. The number of pyridine rings is 2. The minimum atomic E-state index is 0.655. The van der Waals surface area contributed by atoms with Gasteiger partial charge in [0.1, 0.15) is 5.82 Å². The minimum Gasteiger partial charge on any atom is -0.322 e. The Morgan fingerprint density at radius 1 is 0.935 bits per heavy atom. The predicted molar refractivity (Wildman–Crippen MR) is 125 cm³/mol. The van der Waals surface area contributed by atoms with Gasteiger partial charge in [0.05, 0.1) is 29.6 Å². The Hall–Kier alpha value is -3.70. The molecule has 0 N–H and O–H groups in total. The maximum atomic E-state index is 6.88. The van der Waals surface area contributed by atoms with Gasteiger partial charge in [0, 0.05) is 42.3 Å². The van der Waals surface area contributed by atoms with Gasteiger partial charge in [-0.25, -0.2) is 4.98 Å². The second kappa shape index (κ2) is 8.20. The highest BCUT2D eigenvalue weighted by atomic mass is 35.5. The first kappa shape index (κ1) is 19.3. The average Bonchev–Trinajstić information content (AvgIpc) is 3.24. The quantitative estimate of drug-likeness (QED) is 0.345. The summed E-state index contributed by atoms with van der Waals surface area (Å²) in [6.45, 7) is 0.655. The number of aryl methyl sites for hydroxylation is 1. The van der Waals surface area contributed by atoms with Crippen molar-refractivity contribution >= 4 is 34.0 Å². The third-order valence-corrected chi connectivity index (χ3v) is 5.72. The van der Waals surface area contributed by atoms with E-state index in [4.69, 9.17) is 11.6 Å². The van der Waals surface area contributed by atoms with Crippen molar-refractivity contribution < 1.29 is 0 Å². The molecule has 5 aromatic rings. The number of hydrogen-bond acceptors (Lipinski definition) is 4. The number of benzene rings is 2. The van der Waals surface area contributed by atoms with Crippen molar-refractivity contribution in [2.75, 3.05) is 4.90 Å². The Balaban J connectivity index is 1.64. The molecule has 3 aromatic heterocycles. The van der Waals surface area contributed by atoms with Gasteiger partial charge in [-0.3, -0.25) is 9.97 Å². The van der Waals surface area contributed by atoms with E-state index in [0.717, 1.165) is 39.1 Å². The second-order valence-corrected chi connectivity index (χ2v) is 7.74. The zero-order valence-electron chi connectivity index (χ0n) is 17.0. The third kappa shape index (κ3) is 3.76. The Labute approximate surface area is 185 Å². The summed E-state index contributed by atoms with van der Waals surface area (Å²) in [4.78, 5) is 15.4. The first-order valence-electron chi connectivity index (χ1n) is 9.97. The molecule has 0 saturated heterocycles. The lowest BCUT2D eigenvalue weighted by atomic mass is 10.0. The minimum absolute atomic E-state index is 0.655. The Kier molecular flexibility index (Phi) is 5.10. The average molecular weight is 426 g/mol.